The fourth-order valence-corrected chi connectivity index (χ4v) is 1.70. The molecule has 0 aromatic heterocycles. The van der Waals surface area contributed by atoms with Gasteiger partial charge in [0, 0.05) is 11.8 Å². The second-order valence-electron chi connectivity index (χ2n) is 3.33. The lowest BCUT2D eigenvalue weighted by Gasteiger charge is -2.27. The van der Waals surface area contributed by atoms with Crippen molar-refractivity contribution in [1.29, 1.82) is 0 Å². The summed E-state index contributed by atoms with van der Waals surface area (Å²) in [5.41, 5.74) is 5.90. The first kappa shape index (κ1) is 9.31. The zero-order valence-electron chi connectivity index (χ0n) is 6.77. The first-order valence-electron chi connectivity index (χ1n) is 3.25. The smallest absolute Gasteiger partial charge is 0.0215 e. The van der Waals surface area contributed by atoms with Crippen LogP contribution in [0.5, 0.6) is 0 Å². The minimum atomic E-state index is 0.355. The average molecular weight is 147 g/mol. The molecule has 56 valence electrons. The van der Waals surface area contributed by atoms with Crippen molar-refractivity contribution in [2.24, 2.45) is 11.1 Å². The van der Waals surface area contributed by atoms with Gasteiger partial charge in [0.25, 0.3) is 0 Å². The summed E-state index contributed by atoms with van der Waals surface area (Å²) in [6.07, 6.45) is 2.11. The van der Waals surface area contributed by atoms with E-state index in [2.05, 4.69) is 27.0 Å². The van der Waals surface area contributed by atoms with Gasteiger partial charge in [-0.25, -0.2) is 0 Å². The van der Waals surface area contributed by atoms with Crippen molar-refractivity contribution in [2.75, 3.05) is 12.8 Å². The van der Waals surface area contributed by atoms with Gasteiger partial charge in [0.1, 0.15) is 0 Å². The van der Waals surface area contributed by atoms with Crippen LogP contribution < -0.4 is 5.73 Å². The predicted molar refractivity (Wildman–Crippen MR) is 45.8 cm³/mol. The first-order chi connectivity index (χ1) is 4.02. The quantitative estimate of drug-likeness (QED) is 0.643. The van der Waals surface area contributed by atoms with E-state index in [1.807, 2.05) is 11.8 Å². The van der Waals surface area contributed by atoms with E-state index in [4.69, 9.17) is 5.73 Å². The summed E-state index contributed by atoms with van der Waals surface area (Å²) in [6, 6.07) is 0. The predicted octanol–water partition coefficient (Wildman–Crippen LogP) is 1.72. The summed E-state index contributed by atoms with van der Waals surface area (Å²) < 4.78 is 0. The van der Waals surface area contributed by atoms with Crippen molar-refractivity contribution in [3.05, 3.63) is 0 Å². The van der Waals surface area contributed by atoms with Crippen LogP contribution in [-0.2, 0) is 0 Å². The highest BCUT2D eigenvalue weighted by atomic mass is 32.2. The maximum atomic E-state index is 5.55. The van der Waals surface area contributed by atoms with Gasteiger partial charge in [0.15, 0.2) is 0 Å². The number of hydrogen-bond donors (Lipinski definition) is 1. The van der Waals surface area contributed by atoms with Gasteiger partial charge in [-0.05, 0) is 11.7 Å². The van der Waals surface area contributed by atoms with E-state index in [1.165, 1.54) is 0 Å². The van der Waals surface area contributed by atoms with Gasteiger partial charge in [0.2, 0.25) is 0 Å². The second kappa shape index (κ2) is 3.47. The zero-order chi connectivity index (χ0) is 7.49. The normalized spacial score (nSPS) is 15.7. The number of hydrogen-bond acceptors (Lipinski definition) is 2. The molecule has 0 aromatic carbocycles. The molecule has 2 N–H and O–H groups in total. The van der Waals surface area contributed by atoms with Crippen LogP contribution in [0.25, 0.3) is 0 Å². The Kier molecular flexibility index (Phi) is 3.59. The highest BCUT2D eigenvalue weighted by molar-refractivity contribution is 7.99. The Labute approximate surface area is 62.4 Å². The Morgan fingerprint density at radius 2 is 1.89 bits per heavy atom. The molecule has 0 heterocycles. The van der Waals surface area contributed by atoms with Crippen LogP contribution in [0.2, 0.25) is 0 Å². The second-order valence-corrected chi connectivity index (χ2v) is 4.37. The highest BCUT2D eigenvalue weighted by Crippen LogP contribution is 2.27. The minimum absolute atomic E-state index is 0.355. The number of nitrogens with two attached hydrogens (primary N) is 1. The van der Waals surface area contributed by atoms with Gasteiger partial charge in [-0.2, -0.15) is 11.8 Å². The summed E-state index contributed by atoms with van der Waals surface area (Å²) in [6.45, 7) is 7.45. The van der Waals surface area contributed by atoms with Gasteiger partial charge in [-0.3, -0.25) is 0 Å². The Bertz CT molecular complexity index is 71.5. The molecule has 0 amide bonds. The molecule has 0 aliphatic rings. The molecule has 1 nitrogen and oxygen atoms in total. The van der Waals surface area contributed by atoms with Gasteiger partial charge < -0.3 is 5.73 Å². The monoisotopic (exact) mass is 147 g/mol. The number of thioether (sulfide) groups is 1. The molecule has 9 heavy (non-hydrogen) atoms. The molecule has 0 unspecified atom stereocenters. The summed E-state index contributed by atoms with van der Waals surface area (Å²) in [5, 5.41) is 0.595. The Balaban J connectivity index is 3.79. The Morgan fingerprint density at radius 1 is 1.44 bits per heavy atom. The van der Waals surface area contributed by atoms with Crippen LogP contribution in [0.4, 0.5) is 0 Å². The van der Waals surface area contributed by atoms with Crippen LogP contribution in [0.1, 0.15) is 20.8 Å². The molecule has 0 aromatic rings. The van der Waals surface area contributed by atoms with Crippen molar-refractivity contribution in [2.45, 2.75) is 26.0 Å². The lowest BCUT2D eigenvalue weighted by molar-refractivity contribution is 0.399. The van der Waals surface area contributed by atoms with E-state index in [1.54, 1.807) is 0 Å². The van der Waals surface area contributed by atoms with Crippen LogP contribution in [0.3, 0.4) is 0 Å². The van der Waals surface area contributed by atoms with Crippen molar-refractivity contribution >= 4 is 11.8 Å². The molecule has 0 aliphatic carbocycles. The largest absolute Gasteiger partial charge is 0.329 e. The van der Waals surface area contributed by atoms with Crippen molar-refractivity contribution < 1.29 is 0 Å². The fraction of sp³-hybridized carbons (Fsp3) is 1.00. The lowest BCUT2D eigenvalue weighted by atomic mass is 9.92. The molecule has 0 saturated heterocycles. The lowest BCUT2D eigenvalue weighted by Crippen LogP contribution is -2.30. The van der Waals surface area contributed by atoms with Gasteiger partial charge in [-0.15, -0.1) is 0 Å². The van der Waals surface area contributed by atoms with E-state index in [0.29, 0.717) is 10.7 Å². The molecular formula is C7H17NS. The van der Waals surface area contributed by atoms with Crippen LogP contribution >= 0.6 is 11.8 Å². The zero-order valence-corrected chi connectivity index (χ0v) is 7.59. The summed E-state index contributed by atoms with van der Waals surface area (Å²) in [7, 11) is 0. The van der Waals surface area contributed by atoms with E-state index in [0.717, 1.165) is 6.54 Å². The molecule has 0 radical (unpaired) electrons. The van der Waals surface area contributed by atoms with Gasteiger partial charge in [-0.1, -0.05) is 20.8 Å². The molecule has 2 heteroatoms. The minimum Gasteiger partial charge on any atom is -0.329 e. The summed E-state index contributed by atoms with van der Waals surface area (Å²) in [5.74, 6) is 0. The van der Waals surface area contributed by atoms with Gasteiger partial charge in [0.05, 0.1) is 0 Å². The van der Waals surface area contributed by atoms with Crippen molar-refractivity contribution in [3.63, 3.8) is 0 Å². The summed E-state index contributed by atoms with van der Waals surface area (Å²) in [4.78, 5) is 0. The molecular weight excluding hydrogens is 130 g/mol. The Morgan fingerprint density at radius 3 is 1.89 bits per heavy atom. The summed E-state index contributed by atoms with van der Waals surface area (Å²) >= 11 is 1.85. The van der Waals surface area contributed by atoms with Crippen LogP contribution in [0, 0.1) is 5.41 Å². The average Bonchev–Trinajstić information content (AvgIpc) is 1.65. The van der Waals surface area contributed by atoms with E-state index in [-0.39, 0.29) is 0 Å². The molecule has 0 bridgehead atoms. The molecule has 1 atom stereocenters. The molecule has 0 spiro atoms. The third-order valence-corrected chi connectivity index (χ3v) is 2.93. The molecule has 0 rings (SSSR count). The van der Waals surface area contributed by atoms with E-state index in [9.17, 15) is 0 Å². The standard InChI is InChI=1S/C7H17NS/c1-7(2,3)6(5-8)9-4/h6H,5,8H2,1-4H3/t6-/m1/s1. The third kappa shape index (κ3) is 3.11. The molecule has 0 fully saturated rings. The van der Waals surface area contributed by atoms with Crippen molar-refractivity contribution in [3.8, 4) is 0 Å². The van der Waals surface area contributed by atoms with E-state index < -0.39 is 0 Å². The van der Waals surface area contributed by atoms with Crippen LogP contribution in [0.15, 0.2) is 0 Å². The van der Waals surface area contributed by atoms with Crippen LogP contribution in [-0.4, -0.2) is 18.1 Å². The van der Waals surface area contributed by atoms with E-state index >= 15 is 0 Å². The maximum Gasteiger partial charge on any atom is 0.0215 e. The van der Waals surface area contributed by atoms with Crippen molar-refractivity contribution in [1.82, 2.24) is 0 Å². The highest BCUT2D eigenvalue weighted by Gasteiger charge is 2.21. The van der Waals surface area contributed by atoms with Gasteiger partial charge >= 0.3 is 0 Å². The third-order valence-electron chi connectivity index (χ3n) is 1.46. The fourth-order valence-electron chi connectivity index (χ4n) is 0.803. The first-order valence-corrected chi connectivity index (χ1v) is 4.54. The molecule has 0 aliphatic heterocycles. The maximum absolute atomic E-state index is 5.55. The topological polar surface area (TPSA) is 26.0 Å². The number of rotatable bonds is 2. The Hall–Kier alpha value is 0.310. The SMILES string of the molecule is CS[C@H](CN)C(C)(C)C. The molecule has 0 saturated carbocycles.